The van der Waals surface area contributed by atoms with Crippen molar-refractivity contribution in [2.24, 2.45) is 0 Å². The molecule has 0 bridgehead atoms. The second-order valence-electron chi connectivity index (χ2n) is 5.56. The predicted octanol–water partition coefficient (Wildman–Crippen LogP) is 5.42. The topological polar surface area (TPSA) is 20.2 Å². The van der Waals surface area contributed by atoms with E-state index in [1.54, 1.807) is 0 Å². The lowest BCUT2D eigenvalue weighted by atomic mass is 9.97. The lowest BCUT2D eigenvalue weighted by Crippen LogP contribution is -1.92. The quantitative estimate of drug-likeness (QED) is 0.609. The molecule has 1 nitrogen and oxygen atoms in total. The molecule has 0 heterocycles. The molecular formula is C17H28O. The van der Waals surface area contributed by atoms with E-state index in [0.717, 1.165) is 12.0 Å². The van der Waals surface area contributed by atoms with Crippen LogP contribution in [0.5, 0.6) is 5.75 Å². The Morgan fingerprint density at radius 2 is 1.67 bits per heavy atom. The van der Waals surface area contributed by atoms with E-state index in [4.69, 9.17) is 0 Å². The highest BCUT2D eigenvalue weighted by Gasteiger charge is 2.05. The third-order valence-electron chi connectivity index (χ3n) is 3.57. The van der Waals surface area contributed by atoms with Crippen LogP contribution in [-0.4, -0.2) is 5.11 Å². The maximum Gasteiger partial charge on any atom is 0.118 e. The Morgan fingerprint density at radius 3 is 2.33 bits per heavy atom. The summed E-state index contributed by atoms with van der Waals surface area (Å²) in [5.74, 6) is 1.00. The number of hydrogen-bond donors (Lipinski definition) is 1. The molecule has 0 saturated carbocycles. The number of unbranched alkanes of at least 4 members (excludes halogenated alkanes) is 5. The molecule has 0 saturated heterocycles. The highest BCUT2D eigenvalue weighted by molar-refractivity contribution is 5.37. The van der Waals surface area contributed by atoms with Gasteiger partial charge in [-0.15, -0.1) is 0 Å². The van der Waals surface area contributed by atoms with Gasteiger partial charge in [0.15, 0.2) is 0 Å². The molecule has 102 valence electrons. The standard InChI is InChI=1S/C17H28O/c1-4-5-6-7-8-9-10-16-13-15(14(2)3)11-12-17(16)18/h11-14,18H,4-10H2,1-3H3. The minimum atomic E-state index is 0.466. The molecule has 1 aromatic rings. The van der Waals surface area contributed by atoms with Crippen molar-refractivity contribution in [2.75, 3.05) is 0 Å². The molecular weight excluding hydrogens is 220 g/mol. The fraction of sp³-hybridized carbons (Fsp3) is 0.647. The highest BCUT2D eigenvalue weighted by atomic mass is 16.3. The van der Waals surface area contributed by atoms with Crippen LogP contribution in [0.1, 0.15) is 76.3 Å². The number of rotatable bonds is 8. The first kappa shape index (κ1) is 15.1. The minimum Gasteiger partial charge on any atom is -0.508 e. The van der Waals surface area contributed by atoms with Crippen molar-refractivity contribution in [1.29, 1.82) is 0 Å². The molecule has 0 aliphatic carbocycles. The van der Waals surface area contributed by atoms with Crippen molar-refractivity contribution >= 4 is 0 Å². The average molecular weight is 248 g/mol. The van der Waals surface area contributed by atoms with Crippen LogP contribution >= 0.6 is 0 Å². The van der Waals surface area contributed by atoms with Crippen molar-refractivity contribution in [3.63, 3.8) is 0 Å². The smallest absolute Gasteiger partial charge is 0.118 e. The second-order valence-corrected chi connectivity index (χ2v) is 5.56. The van der Waals surface area contributed by atoms with E-state index in [1.807, 2.05) is 12.1 Å². The molecule has 0 amide bonds. The Hall–Kier alpha value is -0.980. The van der Waals surface area contributed by atoms with Gasteiger partial charge in [-0.05, 0) is 36.0 Å². The van der Waals surface area contributed by atoms with Gasteiger partial charge in [-0.25, -0.2) is 0 Å². The Morgan fingerprint density at radius 1 is 1.00 bits per heavy atom. The second kappa shape index (κ2) is 8.18. The molecule has 0 aliphatic rings. The van der Waals surface area contributed by atoms with E-state index in [0.29, 0.717) is 11.7 Å². The first-order valence-electron chi connectivity index (χ1n) is 7.47. The van der Waals surface area contributed by atoms with E-state index in [9.17, 15) is 5.11 Å². The number of phenols is 1. The average Bonchev–Trinajstić information content (AvgIpc) is 2.35. The van der Waals surface area contributed by atoms with Crippen LogP contribution in [-0.2, 0) is 6.42 Å². The van der Waals surface area contributed by atoms with Gasteiger partial charge in [0.05, 0.1) is 0 Å². The molecule has 1 N–H and O–H groups in total. The lowest BCUT2D eigenvalue weighted by molar-refractivity contribution is 0.465. The number of aryl methyl sites for hydroxylation is 1. The van der Waals surface area contributed by atoms with Gasteiger partial charge in [-0.1, -0.05) is 65.0 Å². The van der Waals surface area contributed by atoms with Gasteiger partial charge >= 0.3 is 0 Å². The summed E-state index contributed by atoms with van der Waals surface area (Å²) in [4.78, 5) is 0. The third kappa shape index (κ3) is 5.12. The molecule has 0 aliphatic heterocycles. The van der Waals surface area contributed by atoms with Crippen molar-refractivity contribution in [2.45, 2.75) is 71.6 Å². The van der Waals surface area contributed by atoms with Gasteiger partial charge in [-0.3, -0.25) is 0 Å². The maximum absolute atomic E-state index is 9.86. The zero-order valence-electron chi connectivity index (χ0n) is 12.2. The van der Waals surface area contributed by atoms with Gasteiger partial charge in [0.1, 0.15) is 5.75 Å². The van der Waals surface area contributed by atoms with Crippen LogP contribution < -0.4 is 0 Å². The summed E-state index contributed by atoms with van der Waals surface area (Å²) in [6, 6.07) is 6.05. The fourth-order valence-electron chi connectivity index (χ4n) is 2.26. The molecule has 0 aromatic heterocycles. The summed E-state index contributed by atoms with van der Waals surface area (Å²) in [7, 11) is 0. The first-order valence-corrected chi connectivity index (χ1v) is 7.47. The molecule has 0 radical (unpaired) electrons. The molecule has 0 spiro atoms. The van der Waals surface area contributed by atoms with Crippen molar-refractivity contribution < 1.29 is 5.11 Å². The summed E-state index contributed by atoms with van der Waals surface area (Å²) in [5, 5.41) is 9.86. The fourth-order valence-corrected chi connectivity index (χ4v) is 2.26. The van der Waals surface area contributed by atoms with E-state index >= 15 is 0 Å². The summed E-state index contributed by atoms with van der Waals surface area (Å²) >= 11 is 0. The maximum atomic E-state index is 9.86. The van der Waals surface area contributed by atoms with Crippen LogP contribution in [0.25, 0.3) is 0 Å². The molecule has 0 atom stereocenters. The van der Waals surface area contributed by atoms with Crippen molar-refractivity contribution in [3.05, 3.63) is 29.3 Å². The Labute approximate surface area is 112 Å². The van der Waals surface area contributed by atoms with E-state index in [1.165, 1.54) is 44.1 Å². The van der Waals surface area contributed by atoms with Crippen LogP contribution in [0.3, 0.4) is 0 Å². The van der Waals surface area contributed by atoms with Crippen molar-refractivity contribution in [3.8, 4) is 5.75 Å². The molecule has 1 aromatic carbocycles. The predicted molar refractivity (Wildman–Crippen MR) is 79.3 cm³/mol. The SMILES string of the molecule is CCCCCCCCc1cc(C(C)C)ccc1O. The van der Waals surface area contributed by atoms with Gasteiger partial charge in [0.25, 0.3) is 0 Å². The summed E-state index contributed by atoms with van der Waals surface area (Å²) in [6.07, 6.45) is 8.83. The van der Waals surface area contributed by atoms with E-state index in [2.05, 4.69) is 26.8 Å². The Bertz CT molecular complexity index is 341. The van der Waals surface area contributed by atoms with E-state index < -0.39 is 0 Å². The Kier molecular flexibility index (Phi) is 6.85. The third-order valence-corrected chi connectivity index (χ3v) is 3.57. The lowest BCUT2D eigenvalue weighted by Gasteiger charge is -2.10. The monoisotopic (exact) mass is 248 g/mol. The van der Waals surface area contributed by atoms with Gasteiger partial charge in [-0.2, -0.15) is 0 Å². The van der Waals surface area contributed by atoms with Crippen LogP contribution in [0.15, 0.2) is 18.2 Å². The molecule has 0 unspecified atom stereocenters. The highest BCUT2D eigenvalue weighted by Crippen LogP contribution is 2.24. The van der Waals surface area contributed by atoms with Crippen molar-refractivity contribution in [1.82, 2.24) is 0 Å². The summed E-state index contributed by atoms with van der Waals surface area (Å²) in [6.45, 7) is 6.64. The van der Waals surface area contributed by atoms with E-state index in [-0.39, 0.29) is 0 Å². The number of hydrogen-bond acceptors (Lipinski definition) is 1. The van der Waals surface area contributed by atoms with Crippen LogP contribution in [0, 0.1) is 0 Å². The largest absolute Gasteiger partial charge is 0.508 e. The minimum absolute atomic E-state index is 0.466. The van der Waals surface area contributed by atoms with Crippen LogP contribution in [0.4, 0.5) is 0 Å². The molecule has 18 heavy (non-hydrogen) atoms. The summed E-state index contributed by atoms with van der Waals surface area (Å²) < 4.78 is 0. The zero-order valence-corrected chi connectivity index (χ0v) is 12.2. The molecule has 1 rings (SSSR count). The van der Waals surface area contributed by atoms with Gasteiger partial charge in [0.2, 0.25) is 0 Å². The van der Waals surface area contributed by atoms with Crippen LogP contribution in [0.2, 0.25) is 0 Å². The number of phenolic OH excluding ortho intramolecular Hbond substituents is 1. The summed E-state index contributed by atoms with van der Waals surface area (Å²) in [5.41, 5.74) is 2.45. The molecule has 0 fully saturated rings. The first-order chi connectivity index (χ1) is 8.65. The van der Waals surface area contributed by atoms with Gasteiger partial charge < -0.3 is 5.11 Å². The normalized spacial score (nSPS) is 11.1. The van der Waals surface area contributed by atoms with Gasteiger partial charge in [0, 0.05) is 0 Å². The Balaban J connectivity index is 2.39. The zero-order chi connectivity index (χ0) is 13.4. The molecule has 1 heteroatoms. The number of benzene rings is 1. The number of aromatic hydroxyl groups is 1.